The largest absolute Gasteiger partial charge is 0.396 e. The van der Waals surface area contributed by atoms with Crippen LogP contribution in [-0.2, 0) is 0 Å². The van der Waals surface area contributed by atoms with Crippen LogP contribution in [0.15, 0.2) is 0 Å². The first kappa shape index (κ1) is 13.2. The first-order valence-electron chi connectivity index (χ1n) is 5.29. The minimum Gasteiger partial charge on any atom is -0.396 e. The van der Waals surface area contributed by atoms with E-state index in [0.717, 1.165) is 25.1 Å². The van der Waals surface area contributed by atoms with Gasteiger partial charge in [-0.2, -0.15) is 0 Å². The van der Waals surface area contributed by atoms with Gasteiger partial charge in [0, 0.05) is 12.5 Å². The molecule has 0 spiro atoms. The third-order valence-electron chi connectivity index (χ3n) is 2.53. The van der Waals surface area contributed by atoms with Crippen molar-refractivity contribution in [3.63, 3.8) is 0 Å². The Labute approximate surface area is 87.5 Å². The SMILES string of the molecule is CC(C)(CCCl)CCCCCCO. The molecule has 0 saturated heterocycles. The fraction of sp³-hybridized carbons (Fsp3) is 1.00. The Morgan fingerprint density at radius 1 is 1.00 bits per heavy atom. The van der Waals surface area contributed by atoms with Crippen LogP contribution < -0.4 is 0 Å². The van der Waals surface area contributed by atoms with Crippen molar-refractivity contribution >= 4 is 11.6 Å². The highest BCUT2D eigenvalue weighted by molar-refractivity contribution is 6.17. The molecule has 0 aliphatic rings. The number of alkyl halides is 1. The van der Waals surface area contributed by atoms with E-state index in [2.05, 4.69) is 13.8 Å². The van der Waals surface area contributed by atoms with Gasteiger partial charge < -0.3 is 5.11 Å². The van der Waals surface area contributed by atoms with E-state index in [1.807, 2.05) is 0 Å². The Balaban J connectivity index is 3.29. The summed E-state index contributed by atoms with van der Waals surface area (Å²) in [4.78, 5) is 0. The van der Waals surface area contributed by atoms with E-state index in [1.165, 1.54) is 19.3 Å². The molecule has 0 aliphatic carbocycles. The fourth-order valence-electron chi connectivity index (χ4n) is 1.45. The van der Waals surface area contributed by atoms with Gasteiger partial charge in [0.2, 0.25) is 0 Å². The van der Waals surface area contributed by atoms with Crippen molar-refractivity contribution in [2.24, 2.45) is 5.41 Å². The average Bonchev–Trinajstić information content (AvgIpc) is 2.04. The van der Waals surface area contributed by atoms with Crippen molar-refractivity contribution in [3.05, 3.63) is 0 Å². The van der Waals surface area contributed by atoms with E-state index >= 15 is 0 Å². The smallest absolute Gasteiger partial charge is 0.0431 e. The molecule has 0 unspecified atom stereocenters. The van der Waals surface area contributed by atoms with Crippen LogP contribution >= 0.6 is 11.6 Å². The third kappa shape index (κ3) is 8.58. The van der Waals surface area contributed by atoms with Crippen LogP contribution in [0, 0.1) is 5.41 Å². The molecule has 0 aromatic rings. The van der Waals surface area contributed by atoms with Gasteiger partial charge in [-0.25, -0.2) is 0 Å². The molecule has 0 aromatic carbocycles. The molecule has 1 nitrogen and oxygen atoms in total. The van der Waals surface area contributed by atoms with Crippen LogP contribution in [0.4, 0.5) is 0 Å². The van der Waals surface area contributed by atoms with Crippen LogP contribution in [0.3, 0.4) is 0 Å². The summed E-state index contributed by atoms with van der Waals surface area (Å²) < 4.78 is 0. The first-order chi connectivity index (χ1) is 6.12. The van der Waals surface area contributed by atoms with Gasteiger partial charge in [-0.05, 0) is 24.7 Å². The van der Waals surface area contributed by atoms with Gasteiger partial charge in [-0.1, -0.05) is 33.1 Å². The van der Waals surface area contributed by atoms with Gasteiger partial charge >= 0.3 is 0 Å². The van der Waals surface area contributed by atoms with Crippen LogP contribution in [-0.4, -0.2) is 17.6 Å². The van der Waals surface area contributed by atoms with Gasteiger partial charge in [0.25, 0.3) is 0 Å². The predicted molar refractivity (Wildman–Crippen MR) is 59.3 cm³/mol. The average molecular weight is 207 g/mol. The van der Waals surface area contributed by atoms with Crippen LogP contribution in [0.2, 0.25) is 0 Å². The first-order valence-corrected chi connectivity index (χ1v) is 5.83. The molecule has 13 heavy (non-hydrogen) atoms. The Hall–Kier alpha value is 0.250. The fourth-order valence-corrected chi connectivity index (χ4v) is 1.96. The van der Waals surface area contributed by atoms with Gasteiger partial charge in [0.1, 0.15) is 0 Å². The van der Waals surface area contributed by atoms with Gasteiger partial charge in [-0.3, -0.25) is 0 Å². The molecule has 0 heterocycles. The monoisotopic (exact) mass is 206 g/mol. The second-order valence-corrected chi connectivity index (χ2v) is 4.87. The minimum absolute atomic E-state index is 0.338. The number of aliphatic hydroxyl groups excluding tert-OH is 1. The number of hydrogen-bond donors (Lipinski definition) is 1. The summed E-state index contributed by atoms with van der Waals surface area (Å²) in [7, 11) is 0. The summed E-state index contributed by atoms with van der Waals surface area (Å²) in [5.41, 5.74) is 0.404. The van der Waals surface area contributed by atoms with E-state index in [9.17, 15) is 0 Å². The lowest BCUT2D eigenvalue weighted by Gasteiger charge is -2.23. The molecule has 0 amide bonds. The van der Waals surface area contributed by atoms with Crippen LogP contribution in [0.5, 0.6) is 0 Å². The van der Waals surface area contributed by atoms with Crippen LogP contribution in [0.1, 0.15) is 52.4 Å². The summed E-state index contributed by atoms with van der Waals surface area (Å²) in [6.45, 7) is 4.90. The molecular formula is C11H23ClO. The summed E-state index contributed by atoms with van der Waals surface area (Å²) in [6, 6.07) is 0. The lowest BCUT2D eigenvalue weighted by atomic mass is 9.84. The molecule has 1 N–H and O–H groups in total. The molecule has 2 heteroatoms. The van der Waals surface area contributed by atoms with Crippen LogP contribution in [0.25, 0.3) is 0 Å². The molecular weight excluding hydrogens is 184 g/mol. The maximum Gasteiger partial charge on any atom is 0.0431 e. The van der Waals surface area contributed by atoms with E-state index < -0.39 is 0 Å². The zero-order valence-corrected chi connectivity index (χ0v) is 9.74. The molecule has 80 valence electrons. The lowest BCUT2D eigenvalue weighted by Crippen LogP contribution is -2.11. The zero-order valence-electron chi connectivity index (χ0n) is 8.98. The Morgan fingerprint density at radius 3 is 2.15 bits per heavy atom. The van der Waals surface area contributed by atoms with Gasteiger partial charge in [0.15, 0.2) is 0 Å². The summed E-state index contributed by atoms with van der Waals surface area (Å²) in [6.07, 6.45) is 6.99. The summed E-state index contributed by atoms with van der Waals surface area (Å²) in [5, 5.41) is 8.59. The van der Waals surface area contributed by atoms with Crippen molar-refractivity contribution in [3.8, 4) is 0 Å². The molecule has 0 aromatic heterocycles. The molecule has 0 saturated carbocycles. The standard InChI is InChI=1S/C11H23ClO/c1-11(2,8-9-12)7-5-3-4-6-10-13/h13H,3-10H2,1-2H3. The van der Waals surface area contributed by atoms with Crippen molar-refractivity contribution in [2.45, 2.75) is 52.4 Å². The van der Waals surface area contributed by atoms with E-state index in [1.54, 1.807) is 0 Å². The molecule has 0 rings (SSSR count). The summed E-state index contributed by atoms with van der Waals surface area (Å²) >= 11 is 5.72. The van der Waals surface area contributed by atoms with Crippen molar-refractivity contribution in [2.75, 3.05) is 12.5 Å². The van der Waals surface area contributed by atoms with E-state index in [0.29, 0.717) is 12.0 Å². The predicted octanol–water partition coefficient (Wildman–Crippen LogP) is 3.58. The van der Waals surface area contributed by atoms with E-state index in [-0.39, 0.29) is 0 Å². The topological polar surface area (TPSA) is 20.2 Å². The maximum atomic E-state index is 8.59. The Bertz CT molecular complexity index is 113. The number of halogens is 1. The zero-order chi connectivity index (χ0) is 10.2. The highest BCUT2D eigenvalue weighted by Gasteiger charge is 2.15. The Morgan fingerprint density at radius 2 is 1.62 bits per heavy atom. The molecule has 0 radical (unpaired) electrons. The lowest BCUT2D eigenvalue weighted by molar-refractivity contribution is 0.275. The number of hydrogen-bond acceptors (Lipinski definition) is 1. The number of rotatable bonds is 8. The molecule has 0 fully saturated rings. The summed E-state index contributed by atoms with van der Waals surface area (Å²) in [5.74, 6) is 0.768. The van der Waals surface area contributed by atoms with Crippen molar-refractivity contribution < 1.29 is 5.11 Å². The minimum atomic E-state index is 0.338. The van der Waals surface area contributed by atoms with Crippen molar-refractivity contribution in [1.82, 2.24) is 0 Å². The molecule has 0 atom stereocenters. The number of aliphatic hydroxyl groups is 1. The van der Waals surface area contributed by atoms with E-state index in [4.69, 9.17) is 16.7 Å². The molecule has 0 aliphatic heterocycles. The third-order valence-corrected chi connectivity index (χ3v) is 2.72. The quantitative estimate of drug-likeness (QED) is 0.476. The van der Waals surface area contributed by atoms with Gasteiger partial charge in [0.05, 0.1) is 0 Å². The maximum absolute atomic E-state index is 8.59. The van der Waals surface area contributed by atoms with Gasteiger partial charge in [-0.15, -0.1) is 11.6 Å². The molecule has 0 bridgehead atoms. The highest BCUT2D eigenvalue weighted by atomic mass is 35.5. The second kappa shape index (κ2) is 7.64. The highest BCUT2D eigenvalue weighted by Crippen LogP contribution is 2.28. The Kier molecular flexibility index (Phi) is 7.78. The number of unbranched alkanes of at least 4 members (excludes halogenated alkanes) is 3. The second-order valence-electron chi connectivity index (χ2n) is 4.49. The van der Waals surface area contributed by atoms with Crippen molar-refractivity contribution in [1.29, 1.82) is 0 Å². The normalized spacial score (nSPS) is 12.0.